The van der Waals surface area contributed by atoms with Gasteiger partial charge in [0.15, 0.2) is 0 Å². The Labute approximate surface area is 184 Å². The number of hydrogen-bond donors (Lipinski definition) is 3. The van der Waals surface area contributed by atoms with Crippen molar-refractivity contribution in [2.75, 3.05) is 5.73 Å². The van der Waals surface area contributed by atoms with Crippen molar-refractivity contribution in [1.82, 2.24) is 10.7 Å². The molecule has 0 heterocycles. The van der Waals surface area contributed by atoms with Crippen LogP contribution in [0.15, 0.2) is 90.1 Å². The van der Waals surface area contributed by atoms with Gasteiger partial charge in [-0.15, -0.1) is 13.2 Å². The van der Waals surface area contributed by atoms with Crippen molar-refractivity contribution in [3.8, 4) is 0 Å². The molecule has 0 atom stereocenters. The van der Waals surface area contributed by atoms with Crippen LogP contribution in [0.25, 0.3) is 0 Å². The number of benzene rings is 1. The van der Waals surface area contributed by atoms with Crippen LogP contribution < -0.4 is 16.5 Å². The molecule has 1 aromatic rings. The summed E-state index contributed by atoms with van der Waals surface area (Å²) >= 11 is 0. The molecule has 4 N–H and O–H groups in total. The SMILES string of the molecule is C/C(CC(=O)NC(C)(C)C)=N\NC(=O)c1ccccc1N.C=C.C=C=C=C=C=C=C=C. The number of carbonyl (C=O) groups is 2. The van der Waals surface area contributed by atoms with Crippen LogP contribution in [0.5, 0.6) is 0 Å². The van der Waals surface area contributed by atoms with E-state index in [9.17, 15) is 9.59 Å². The van der Waals surface area contributed by atoms with E-state index in [0.717, 1.165) is 0 Å². The van der Waals surface area contributed by atoms with Gasteiger partial charge in [-0.1, -0.05) is 23.6 Å². The fourth-order valence-corrected chi connectivity index (χ4v) is 1.80. The molecule has 6 nitrogen and oxygen atoms in total. The smallest absolute Gasteiger partial charge is 0.273 e. The Morgan fingerprint density at radius 3 is 2.00 bits per heavy atom. The second kappa shape index (κ2) is 16.7. The van der Waals surface area contributed by atoms with E-state index in [4.69, 9.17) is 5.73 Å². The number of carbonyl (C=O) groups excluding carboxylic acids is 2. The van der Waals surface area contributed by atoms with Crippen molar-refractivity contribution in [2.24, 2.45) is 5.10 Å². The van der Waals surface area contributed by atoms with Crippen LogP contribution in [0, 0.1) is 0 Å². The van der Waals surface area contributed by atoms with E-state index in [-0.39, 0.29) is 17.9 Å². The molecule has 0 aliphatic rings. The van der Waals surface area contributed by atoms with Crippen molar-refractivity contribution < 1.29 is 9.59 Å². The minimum absolute atomic E-state index is 0.127. The molecule has 0 saturated carbocycles. The number of amides is 2. The quantitative estimate of drug-likeness (QED) is 0.225. The van der Waals surface area contributed by atoms with Gasteiger partial charge in [0, 0.05) is 16.9 Å². The highest BCUT2D eigenvalue weighted by Gasteiger charge is 2.14. The highest BCUT2D eigenvalue weighted by Crippen LogP contribution is 2.09. The van der Waals surface area contributed by atoms with Gasteiger partial charge in [0.25, 0.3) is 5.91 Å². The maximum absolute atomic E-state index is 11.9. The molecule has 0 aliphatic carbocycles. The molecule has 0 fully saturated rings. The molecule has 162 valence electrons. The molecular formula is C25H30N4O2. The van der Waals surface area contributed by atoms with Crippen molar-refractivity contribution in [1.29, 1.82) is 0 Å². The molecule has 6 heteroatoms. The minimum Gasteiger partial charge on any atom is -0.398 e. The summed E-state index contributed by atoms with van der Waals surface area (Å²) in [7, 11) is 0. The van der Waals surface area contributed by atoms with Gasteiger partial charge < -0.3 is 11.1 Å². The zero-order chi connectivity index (χ0) is 24.3. The van der Waals surface area contributed by atoms with Gasteiger partial charge in [-0.05, 0) is 75.9 Å². The normalized spacial score (nSPS) is 9.10. The monoisotopic (exact) mass is 418 g/mol. The molecule has 0 saturated heterocycles. The zero-order valence-electron chi connectivity index (χ0n) is 18.7. The van der Waals surface area contributed by atoms with Crippen LogP contribution in [-0.4, -0.2) is 23.1 Å². The number of para-hydroxylation sites is 1. The molecule has 0 aromatic heterocycles. The van der Waals surface area contributed by atoms with Crippen molar-refractivity contribution >= 4 is 23.2 Å². The maximum atomic E-state index is 11.9. The fraction of sp³-hybridized carbons (Fsp3) is 0.240. The second-order valence-corrected chi connectivity index (χ2v) is 6.70. The molecule has 1 rings (SSSR count). The molecule has 0 radical (unpaired) electrons. The number of nitrogens with one attached hydrogen (secondary N) is 2. The van der Waals surface area contributed by atoms with E-state index >= 15 is 0 Å². The number of nitrogen functional groups attached to an aromatic ring is 1. The Balaban J connectivity index is 0. The fourth-order valence-electron chi connectivity index (χ4n) is 1.80. The van der Waals surface area contributed by atoms with Crippen molar-refractivity contribution in [2.45, 2.75) is 39.7 Å². The molecule has 1 aromatic carbocycles. The van der Waals surface area contributed by atoms with E-state index in [1.807, 2.05) is 20.8 Å². The first kappa shape index (κ1) is 29.0. The van der Waals surface area contributed by atoms with Gasteiger partial charge >= 0.3 is 0 Å². The number of nitrogens with zero attached hydrogens (tertiary/aromatic N) is 1. The van der Waals surface area contributed by atoms with Crippen molar-refractivity contribution in [3.05, 3.63) is 90.5 Å². The lowest BCUT2D eigenvalue weighted by Crippen LogP contribution is -2.41. The summed E-state index contributed by atoms with van der Waals surface area (Å²) in [5.41, 5.74) is 23.5. The predicted octanol–water partition coefficient (Wildman–Crippen LogP) is 4.21. The Hall–Kier alpha value is -4.21. The summed E-state index contributed by atoms with van der Waals surface area (Å²) in [6.07, 6.45) is 0.127. The van der Waals surface area contributed by atoms with Crippen LogP contribution in [0.2, 0.25) is 0 Å². The first-order valence-electron chi connectivity index (χ1n) is 9.14. The van der Waals surface area contributed by atoms with E-state index in [0.29, 0.717) is 17.0 Å². The zero-order valence-corrected chi connectivity index (χ0v) is 18.7. The average molecular weight is 419 g/mol. The molecule has 0 bridgehead atoms. The molecule has 0 aliphatic heterocycles. The maximum Gasteiger partial charge on any atom is 0.273 e. The van der Waals surface area contributed by atoms with Gasteiger partial charge in [0.1, 0.15) is 0 Å². The standard InChI is InChI=1S/C15H22N4O2.C8H4.C2H4/c1-10(9-13(20)17-15(2,3)4)18-19-14(21)11-7-5-6-8-12(11)16;1-3-5-7-8-6-4-2;1-2/h5-8H,9,16H2,1-4H3,(H,17,20)(H,19,21);1-2H2;1-2H2/b18-10+;;. The molecular weight excluding hydrogens is 388 g/mol. The van der Waals surface area contributed by atoms with E-state index in [2.05, 4.69) is 76.5 Å². The van der Waals surface area contributed by atoms with Gasteiger partial charge in [0.2, 0.25) is 5.91 Å². The summed E-state index contributed by atoms with van der Waals surface area (Å²) in [4.78, 5) is 23.6. The molecule has 0 unspecified atom stereocenters. The Morgan fingerprint density at radius 1 is 1.03 bits per heavy atom. The van der Waals surface area contributed by atoms with Crippen LogP contribution in [0.4, 0.5) is 5.69 Å². The molecule has 0 spiro atoms. The summed E-state index contributed by atoms with van der Waals surface area (Å²) in [5, 5.41) is 6.74. The summed E-state index contributed by atoms with van der Waals surface area (Å²) in [6, 6.07) is 6.72. The average Bonchev–Trinajstić information content (AvgIpc) is 2.70. The van der Waals surface area contributed by atoms with Crippen LogP contribution in [-0.2, 0) is 4.79 Å². The van der Waals surface area contributed by atoms with Gasteiger partial charge in [0.05, 0.1) is 12.0 Å². The first-order valence-corrected chi connectivity index (χ1v) is 9.14. The topological polar surface area (TPSA) is 96.6 Å². The van der Waals surface area contributed by atoms with E-state index in [1.165, 1.54) is 0 Å². The number of hydrazone groups is 1. The number of anilines is 1. The Morgan fingerprint density at radius 2 is 1.55 bits per heavy atom. The third-order valence-electron chi connectivity index (χ3n) is 2.85. The summed E-state index contributed by atoms with van der Waals surface area (Å²) in [5.74, 6) is -0.541. The Bertz CT molecular complexity index is 964. The number of nitrogens with two attached hydrogens (primary N) is 1. The summed E-state index contributed by atoms with van der Waals surface area (Å²) < 4.78 is 0. The second-order valence-electron chi connectivity index (χ2n) is 6.70. The number of rotatable bonds is 4. The van der Waals surface area contributed by atoms with Crippen molar-refractivity contribution in [3.63, 3.8) is 0 Å². The van der Waals surface area contributed by atoms with E-state index in [1.54, 1.807) is 31.2 Å². The molecule has 31 heavy (non-hydrogen) atoms. The highest BCUT2D eigenvalue weighted by molar-refractivity contribution is 6.02. The lowest BCUT2D eigenvalue weighted by atomic mass is 10.1. The van der Waals surface area contributed by atoms with Crippen LogP contribution in [0.3, 0.4) is 0 Å². The van der Waals surface area contributed by atoms with Gasteiger partial charge in [-0.2, -0.15) is 5.10 Å². The highest BCUT2D eigenvalue weighted by atomic mass is 16.2. The van der Waals surface area contributed by atoms with Crippen LogP contribution >= 0.6 is 0 Å². The van der Waals surface area contributed by atoms with E-state index < -0.39 is 5.91 Å². The van der Waals surface area contributed by atoms with Gasteiger partial charge in [-0.3, -0.25) is 9.59 Å². The lowest BCUT2D eigenvalue weighted by Gasteiger charge is -2.20. The van der Waals surface area contributed by atoms with Crippen LogP contribution in [0.1, 0.15) is 44.5 Å². The molecule has 2 amide bonds. The predicted molar refractivity (Wildman–Crippen MR) is 128 cm³/mol. The third-order valence-corrected chi connectivity index (χ3v) is 2.85. The minimum atomic E-state index is -0.399. The lowest BCUT2D eigenvalue weighted by molar-refractivity contribution is -0.121. The summed E-state index contributed by atoms with van der Waals surface area (Å²) in [6.45, 7) is 19.9. The Kier molecular flexibility index (Phi) is 15.6. The third kappa shape index (κ3) is 16.4. The number of hydrogen-bond acceptors (Lipinski definition) is 4. The largest absolute Gasteiger partial charge is 0.398 e. The first-order chi connectivity index (χ1) is 14.6. The van der Waals surface area contributed by atoms with Gasteiger partial charge in [-0.25, -0.2) is 5.43 Å².